The number of anilines is 1. The van der Waals surface area contributed by atoms with Crippen molar-refractivity contribution in [2.45, 2.75) is 12.5 Å². The molecule has 1 saturated heterocycles. The molecule has 27 heavy (non-hydrogen) atoms. The van der Waals surface area contributed by atoms with Crippen LogP contribution in [0.25, 0.3) is 0 Å². The highest BCUT2D eigenvalue weighted by Gasteiger charge is 2.50. The van der Waals surface area contributed by atoms with Crippen LogP contribution in [0, 0.1) is 5.82 Å². The molecule has 1 aliphatic rings. The summed E-state index contributed by atoms with van der Waals surface area (Å²) in [4.78, 5) is 38.2. The highest BCUT2D eigenvalue weighted by atomic mass is 19.1. The number of carbonyl (C=O) groups excluding carboxylic acids is 3. The first-order chi connectivity index (χ1) is 12.9. The van der Waals surface area contributed by atoms with Gasteiger partial charge in [0.15, 0.2) is 0 Å². The van der Waals surface area contributed by atoms with Crippen LogP contribution in [0.5, 0.6) is 5.75 Å². The van der Waals surface area contributed by atoms with Gasteiger partial charge in [-0.05, 0) is 25.1 Å². The first-order valence-corrected chi connectivity index (χ1v) is 8.19. The van der Waals surface area contributed by atoms with Gasteiger partial charge in [0, 0.05) is 5.56 Å². The standard InChI is InChI=1S/C19H18FN3O4/c1-19(12-7-3-6-10-15(12)27-2)17(25)23(18(26)22-19)11-16(24)21-14-9-5-4-8-13(14)20/h3-10H,11H2,1-2H3,(H,21,24)(H,22,26). The van der Waals surface area contributed by atoms with E-state index in [1.165, 1.54) is 25.3 Å². The van der Waals surface area contributed by atoms with Crippen molar-refractivity contribution >= 4 is 23.5 Å². The van der Waals surface area contributed by atoms with Crippen molar-refractivity contribution in [3.8, 4) is 5.75 Å². The number of rotatable bonds is 5. The molecule has 1 heterocycles. The number of nitrogens with one attached hydrogen (secondary N) is 2. The van der Waals surface area contributed by atoms with E-state index in [4.69, 9.17) is 4.74 Å². The number of amides is 4. The Balaban J connectivity index is 1.80. The van der Waals surface area contributed by atoms with Crippen LogP contribution >= 0.6 is 0 Å². The molecule has 2 aromatic carbocycles. The van der Waals surface area contributed by atoms with Gasteiger partial charge in [-0.2, -0.15) is 0 Å². The monoisotopic (exact) mass is 371 g/mol. The molecule has 7 nitrogen and oxygen atoms in total. The van der Waals surface area contributed by atoms with Gasteiger partial charge in [0.2, 0.25) is 5.91 Å². The minimum atomic E-state index is -1.37. The Labute approximate surface area is 155 Å². The Morgan fingerprint density at radius 1 is 1.19 bits per heavy atom. The van der Waals surface area contributed by atoms with Crippen LogP contribution < -0.4 is 15.4 Å². The van der Waals surface area contributed by atoms with E-state index < -0.39 is 35.7 Å². The van der Waals surface area contributed by atoms with Gasteiger partial charge >= 0.3 is 6.03 Å². The van der Waals surface area contributed by atoms with Crippen molar-refractivity contribution in [2.75, 3.05) is 19.0 Å². The minimum Gasteiger partial charge on any atom is -0.496 e. The number of methoxy groups -OCH3 is 1. The molecular formula is C19H18FN3O4. The van der Waals surface area contributed by atoms with E-state index in [2.05, 4.69) is 10.6 Å². The van der Waals surface area contributed by atoms with Crippen molar-refractivity contribution in [1.29, 1.82) is 0 Å². The zero-order valence-electron chi connectivity index (χ0n) is 14.8. The van der Waals surface area contributed by atoms with E-state index in [1.807, 2.05) is 0 Å². The Morgan fingerprint density at radius 3 is 2.56 bits per heavy atom. The second-order valence-corrected chi connectivity index (χ2v) is 6.17. The maximum absolute atomic E-state index is 13.7. The van der Waals surface area contributed by atoms with Crippen LogP contribution in [-0.4, -0.2) is 36.4 Å². The molecule has 2 aromatic rings. The number of urea groups is 1. The van der Waals surface area contributed by atoms with Crippen molar-refractivity contribution < 1.29 is 23.5 Å². The molecule has 1 atom stereocenters. The molecule has 3 rings (SSSR count). The highest BCUT2D eigenvalue weighted by molar-refractivity contribution is 6.10. The van der Waals surface area contributed by atoms with Crippen LogP contribution in [0.15, 0.2) is 48.5 Å². The van der Waals surface area contributed by atoms with Crippen LogP contribution in [0.4, 0.5) is 14.9 Å². The molecule has 140 valence electrons. The molecule has 0 radical (unpaired) electrons. The Bertz CT molecular complexity index is 917. The fourth-order valence-corrected chi connectivity index (χ4v) is 2.98. The van der Waals surface area contributed by atoms with Gasteiger partial charge in [-0.25, -0.2) is 9.18 Å². The van der Waals surface area contributed by atoms with E-state index in [0.29, 0.717) is 11.3 Å². The first kappa shape index (κ1) is 18.4. The molecule has 1 unspecified atom stereocenters. The lowest BCUT2D eigenvalue weighted by atomic mass is 9.91. The fourth-order valence-electron chi connectivity index (χ4n) is 2.98. The summed E-state index contributed by atoms with van der Waals surface area (Å²) >= 11 is 0. The Morgan fingerprint density at radius 2 is 1.85 bits per heavy atom. The molecule has 4 amide bonds. The number of carbonyl (C=O) groups is 3. The van der Waals surface area contributed by atoms with Gasteiger partial charge in [0.1, 0.15) is 23.7 Å². The average Bonchev–Trinajstić information content (AvgIpc) is 2.87. The predicted molar refractivity (Wildman–Crippen MR) is 95.6 cm³/mol. The van der Waals surface area contributed by atoms with Crippen molar-refractivity contribution in [3.63, 3.8) is 0 Å². The van der Waals surface area contributed by atoms with E-state index in [0.717, 1.165) is 4.90 Å². The third kappa shape index (κ3) is 3.33. The van der Waals surface area contributed by atoms with E-state index >= 15 is 0 Å². The number of para-hydroxylation sites is 2. The van der Waals surface area contributed by atoms with Gasteiger partial charge < -0.3 is 15.4 Å². The summed E-state index contributed by atoms with van der Waals surface area (Å²) < 4.78 is 18.9. The largest absolute Gasteiger partial charge is 0.496 e. The summed E-state index contributed by atoms with van der Waals surface area (Å²) in [5.74, 6) is -1.46. The number of hydrogen-bond acceptors (Lipinski definition) is 4. The Hall–Kier alpha value is -3.42. The fraction of sp³-hybridized carbons (Fsp3) is 0.211. The number of ether oxygens (including phenoxy) is 1. The molecule has 1 aliphatic heterocycles. The third-order valence-corrected chi connectivity index (χ3v) is 4.37. The van der Waals surface area contributed by atoms with Gasteiger partial charge in [0.25, 0.3) is 5.91 Å². The van der Waals surface area contributed by atoms with E-state index in [9.17, 15) is 18.8 Å². The summed E-state index contributed by atoms with van der Waals surface area (Å²) in [7, 11) is 1.46. The molecule has 2 N–H and O–H groups in total. The molecule has 0 bridgehead atoms. The number of nitrogens with zero attached hydrogens (tertiary/aromatic N) is 1. The van der Waals surface area contributed by atoms with Gasteiger partial charge in [-0.1, -0.05) is 30.3 Å². The second-order valence-electron chi connectivity index (χ2n) is 6.17. The number of imide groups is 1. The van der Waals surface area contributed by atoms with Crippen LogP contribution in [0.3, 0.4) is 0 Å². The van der Waals surface area contributed by atoms with Crippen molar-refractivity contribution in [1.82, 2.24) is 10.2 Å². The highest BCUT2D eigenvalue weighted by Crippen LogP contribution is 2.34. The molecule has 0 saturated carbocycles. The summed E-state index contributed by atoms with van der Waals surface area (Å²) in [5.41, 5.74) is -0.924. The lowest BCUT2D eigenvalue weighted by Gasteiger charge is -2.24. The predicted octanol–water partition coefficient (Wildman–Crippen LogP) is 2.24. The quantitative estimate of drug-likeness (QED) is 0.789. The summed E-state index contributed by atoms with van der Waals surface area (Å²) in [5, 5.41) is 4.96. The molecule has 0 aliphatic carbocycles. The summed E-state index contributed by atoms with van der Waals surface area (Å²) in [6, 6.07) is 11.7. The number of halogens is 1. The second kappa shape index (κ2) is 7.06. The average molecular weight is 371 g/mol. The summed E-state index contributed by atoms with van der Waals surface area (Å²) in [6.07, 6.45) is 0. The van der Waals surface area contributed by atoms with Crippen LogP contribution in [-0.2, 0) is 15.1 Å². The lowest BCUT2D eigenvalue weighted by Crippen LogP contribution is -2.42. The summed E-state index contributed by atoms with van der Waals surface area (Å²) in [6.45, 7) is 1.00. The number of hydrogen-bond donors (Lipinski definition) is 2. The zero-order chi connectivity index (χ0) is 19.6. The van der Waals surface area contributed by atoms with Crippen LogP contribution in [0.2, 0.25) is 0 Å². The third-order valence-electron chi connectivity index (χ3n) is 4.37. The molecular weight excluding hydrogens is 353 g/mol. The lowest BCUT2D eigenvalue weighted by molar-refractivity contribution is -0.133. The molecule has 0 aromatic heterocycles. The van der Waals surface area contributed by atoms with Gasteiger partial charge in [-0.15, -0.1) is 0 Å². The van der Waals surface area contributed by atoms with E-state index in [-0.39, 0.29) is 5.69 Å². The SMILES string of the molecule is COc1ccccc1C1(C)NC(=O)N(CC(=O)Nc2ccccc2F)C1=O. The van der Waals surface area contributed by atoms with Crippen molar-refractivity contribution in [2.24, 2.45) is 0 Å². The normalized spacial score (nSPS) is 19.0. The molecule has 1 fully saturated rings. The van der Waals surface area contributed by atoms with Gasteiger partial charge in [-0.3, -0.25) is 14.5 Å². The van der Waals surface area contributed by atoms with E-state index in [1.54, 1.807) is 37.3 Å². The minimum absolute atomic E-state index is 0.0259. The Kier molecular flexibility index (Phi) is 4.81. The van der Waals surface area contributed by atoms with Crippen LogP contribution in [0.1, 0.15) is 12.5 Å². The first-order valence-electron chi connectivity index (χ1n) is 8.19. The number of benzene rings is 2. The topological polar surface area (TPSA) is 87.7 Å². The maximum atomic E-state index is 13.7. The molecule has 8 heteroatoms. The maximum Gasteiger partial charge on any atom is 0.325 e. The zero-order valence-corrected chi connectivity index (χ0v) is 14.8. The smallest absolute Gasteiger partial charge is 0.325 e. The van der Waals surface area contributed by atoms with Gasteiger partial charge in [0.05, 0.1) is 12.8 Å². The molecule has 0 spiro atoms. The van der Waals surface area contributed by atoms with Crippen molar-refractivity contribution in [3.05, 3.63) is 59.9 Å².